The van der Waals surface area contributed by atoms with Gasteiger partial charge in [-0.3, -0.25) is 4.79 Å². The fourth-order valence-electron chi connectivity index (χ4n) is 1.41. The molecule has 1 aromatic rings. The Morgan fingerprint density at radius 3 is 2.56 bits per heavy atom. The number of hydrogen-bond donors (Lipinski definition) is 0. The van der Waals surface area contributed by atoms with E-state index in [2.05, 4.69) is 4.74 Å². The first-order valence-electron chi connectivity index (χ1n) is 4.76. The molecule has 1 rings (SSSR count). The molecule has 0 aliphatic rings. The van der Waals surface area contributed by atoms with Crippen molar-refractivity contribution >= 4 is 6.47 Å². The minimum atomic E-state index is -4.33. The van der Waals surface area contributed by atoms with Crippen molar-refractivity contribution in [1.29, 1.82) is 0 Å². The summed E-state index contributed by atoms with van der Waals surface area (Å²) in [5.41, 5.74) is -0.398. The highest BCUT2D eigenvalue weighted by Crippen LogP contribution is 2.32. The van der Waals surface area contributed by atoms with Crippen molar-refractivity contribution in [2.24, 2.45) is 0 Å². The molecule has 2 nitrogen and oxygen atoms in total. The maximum Gasteiger partial charge on any atom is 0.416 e. The van der Waals surface area contributed by atoms with E-state index >= 15 is 0 Å². The van der Waals surface area contributed by atoms with Gasteiger partial charge >= 0.3 is 6.18 Å². The molecule has 0 N–H and O–H groups in total. The highest BCUT2D eigenvalue weighted by Gasteiger charge is 2.32. The van der Waals surface area contributed by atoms with E-state index in [1.165, 1.54) is 12.1 Å². The molecule has 0 unspecified atom stereocenters. The number of rotatable bonds is 5. The van der Waals surface area contributed by atoms with Gasteiger partial charge in [-0.2, -0.15) is 13.2 Å². The van der Waals surface area contributed by atoms with E-state index in [0.29, 0.717) is 6.42 Å². The highest BCUT2D eigenvalue weighted by atomic mass is 19.4. The van der Waals surface area contributed by atoms with Gasteiger partial charge in [-0.25, -0.2) is 0 Å². The number of carbonyl (C=O) groups is 1. The lowest BCUT2D eigenvalue weighted by Crippen LogP contribution is -2.09. The average molecular weight is 232 g/mol. The van der Waals surface area contributed by atoms with Crippen LogP contribution in [0.3, 0.4) is 0 Å². The van der Waals surface area contributed by atoms with Crippen LogP contribution in [0.15, 0.2) is 24.3 Å². The van der Waals surface area contributed by atoms with E-state index in [9.17, 15) is 18.0 Å². The number of aryl methyl sites for hydroxylation is 1. The van der Waals surface area contributed by atoms with Crippen LogP contribution in [-0.4, -0.2) is 13.1 Å². The Morgan fingerprint density at radius 1 is 1.25 bits per heavy atom. The molecule has 0 aromatic heterocycles. The standard InChI is InChI=1S/C11H11F3O2/c12-11(13,14)10-6-2-1-4-9(10)5-3-7-16-8-15/h1-2,4,6,8H,3,5,7H2. The third-order valence-corrected chi connectivity index (χ3v) is 2.10. The minimum absolute atomic E-state index is 0.135. The van der Waals surface area contributed by atoms with E-state index in [0.717, 1.165) is 6.07 Å². The Bertz CT molecular complexity index is 347. The summed E-state index contributed by atoms with van der Waals surface area (Å²) in [6, 6.07) is 5.40. The zero-order valence-electron chi connectivity index (χ0n) is 8.46. The number of halogens is 3. The van der Waals surface area contributed by atoms with Gasteiger partial charge in [0.05, 0.1) is 12.2 Å². The molecule has 0 atom stereocenters. The summed E-state index contributed by atoms with van der Waals surface area (Å²) < 4.78 is 42.0. The first kappa shape index (κ1) is 12.5. The van der Waals surface area contributed by atoms with Crippen LogP contribution < -0.4 is 0 Å². The van der Waals surface area contributed by atoms with E-state index in [1.807, 2.05) is 0 Å². The van der Waals surface area contributed by atoms with Gasteiger partial charge in [0.1, 0.15) is 0 Å². The lowest BCUT2D eigenvalue weighted by atomic mass is 10.0. The van der Waals surface area contributed by atoms with Crippen molar-refractivity contribution in [3.8, 4) is 0 Å². The van der Waals surface area contributed by atoms with Crippen molar-refractivity contribution in [2.45, 2.75) is 19.0 Å². The van der Waals surface area contributed by atoms with E-state index < -0.39 is 11.7 Å². The first-order chi connectivity index (χ1) is 7.55. The van der Waals surface area contributed by atoms with Crippen molar-refractivity contribution in [2.75, 3.05) is 6.61 Å². The highest BCUT2D eigenvalue weighted by molar-refractivity contribution is 5.36. The van der Waals surface area contributed by atoms with Gasteiger partial charge in [0.2, 0.25) is 0 Å². The second kappa shape index (κ2) is 5.53. The SMILES string of the molecule is O=COCCCc1ccccc1C(F)(F)F. The second-order valence-corrected chi connectivity index (χ2v) is 3.23. The van der Waals surface area contributed by atoms with Gasteiger partial charge in [-0.1, -0.05) is 18.2 Å². The minimum Gasteiger partial charge on any atom is -0.468 e. The molecule has 0 spiro atoms. The summed E-state index contributed by atoms with van der Waals surface area (Å²) in [7, 11) is 0. The van der Waals surface area contributed by atoms with Gasteiger partial charge in [0.25, 0.3) is 6.47 Å². The predicted octanol–water partition coefficient (Wildman–Crippen LogP) is 2.81. The monoisotopic (exact) mass is 232 g/mol. The van der Waals surface area contributed by atoms with E-state index in [4.69, 9.17) is 0 Å². The molecule has 0 saturated heterocycles. The van der Waals surface area contributed by atoms with Crippen LogP contribution in [0.1, 0.15) is 17.5 Å². The zero-order valence-corrected chi connectivity index (χ0v) is 8.46. The summed E-state index contributed by atoms with van der Waals surface area (Å²) in [5.74, 6) is 0. The summed E-state index contributed by atoms with van der Waals surface area (Å²) in [6.45, 7) is 0.422. The molecule has 0 aliphatic heterocycles. The third-order valence-electron chi connectivity index (χ3n) is 2.10. The van der Waals surface area contributed by atoms with Gasteiger partial charge in [0, 0.05) is 0 Å². The lowest BCUT2D eigenvalue weighted by Gasteiger charge is -2.12. The van der Waals surface area contributed by atoms with Crippen molar-refractivity contribution in [1.82, 2.24) is 0 Å². The van der Waals surface area contributed by atoms with Gasteiger partial charge < -0.3 is 4.74 Å². The Labute approximate surface area is 91.0 Å². The van der Waals surface area contributed by atoms with E-state index in [1.54, 1.807) is 6.07 Å². The number of benzene rings is 1. The predicted molar refractivity (Wildman–Crippen MR) is 51.8 cm³/mol. The molecule has 0 aliphatic carbocycles. The maximum absolute atomic E-state index is 12.5. The maximum atomic E-state index is 12.5. The summed E-state index contributed by atoms with van der Waals surface area (Å²) >= 11 is 0. The fraction of sp³-hybridized carbons (Fsp3) is 0.364. The quantitative estimate of drug-likeness (QED) is 0.576. The molecule has 0 amide bonds. The Hall–Kier alpha value is -1.52. The van der Waals surface area contributed by atoms with Crippen LogP contribution in [-0.2, 0) is 22.1 Å². The smallest absolute Gasteiger partial charge is 0.416 e. The molecule has 0 bridgehead atoms. The largest absolute Gasteiger partial charge is 0.468 e. The van der Waals surface area contributed by atoms with Crippen LogP contribution in [0, 0.1) is 0 Å². The molecule has 0 saturated carbocycles. The fourth-order valence-corrected chi connectivity index (χ4v) is 1.41. The molecule has 1 aromatic carbocycles. The number of hydrogen-bond acceptors (Lipinski definition) is 2. The van der Waals surface area contributed by atoms with Crippen LogP contribution in [0.5, 0.6) is 0 Å². The average Bonchev–Trinajstić information content (AvgIpc) is 2.24. The lowest BCUT2D eigenvalue weighted by molar-refractivity contribution is -0.138. The molecule has 5 heteroatoms. The molecule has 0 fully saturated rings. The Morgan fingerprint density at radius 2 is 1.94 bits per heavy atom. The third kappa shape index (κ3) is 3.56. The molecule has 16 heavy (non-hydrogen) atoms. The van der Waals surface area contributed by atoms with Crippen LogP contribution >= 0.6 is 0 Å². The molecular weight excluding hydrogens is 221 g/mol. The number of carbonyl (C=O) groups excluding carboxylic acids is 1. The first-order valence-corrected chi connectivity index (χ1v) is 4.76. The van der Waals surface area contributed by atoms with Crippen molar-refractivity contribution < 1.29 is 22.7 Å². The second-order valence-electron chi connectivity index (χ2n) is 3.23. The normalized spacial score (nSPS) is 11.2. The Kier molecular flexibility index (Phi) is 4.34. The molecule has 0 radical (unpaired) electrons. The summed E-state index contributed by atoms with van der Waals surface area (Å²) in [4.78, 5) is 9.84. The van der Waals surface area contributed by atoms with Gasteiger partial charge in [0.15, 0.2) is 0 Å². The zero-order chi connectivity index (χ0) is 12.0. The van der Waals surface area contributed by atoms with Crippen molar-refractivity contribution in [3.05, 3.63) is 35.4 Å². The topological polar surface area (TPSA) is 26.3 Å². The summed E-state index contributed by atoms with van der Waals surface area (Å²) in [5, 5.41) is 0. The molecular formula is C11H11F3O2. The molecule has 88 valence electrons. The van der Waals surface area contributed by atoms with Gasteiger partial charge in [-0.15, -0.1) is 0 Å². The molecule has 0 heterocycles. The summed E-state index contributed by atoms with van der Waals surface area (Å²) in [6.07, 6.45) is -3.71. The van der Waals surface area contributed by atoms with Crippen LogP contribution in [0.4, 0.5) is 13.2 Å². The van der Waals surface area contributed by atoms with E-state index in [-0.39, 0.29) is 25.1 Å². The number of alkyl halides is 3. The van der Waals surface area contributed by atoms with Gasteiger partial charge in [-0.05, 0) is 24.5 Å². The van der Waals surface area contributed by atoms with Crippen LogP contribution in [0.2, 0.25) is 0 Å². The van der Waals surface area contributed by atoms with Crippen LogP contribution in [0.25, 0.3) is 0 Å². The Balaban J connectivity index is 2.68. The van der Waals surface area contributed by atoms with Crippen molar-refractivity contribution in [3.63, 3.8) is 0 Å². The number of ether oxygens (including phenoxy) is 1.